The molecule has 0 bridgehead atoms. The van der Waals surface area contributed by atoms with Gasteiger partial charge in [0, 0.05) is 6.42 Å². The van der Waals surface area contributed by atoms with Gasteiger partial charge < -0.3 is 4.74 Å². The fourth-order valence-corrected chi connectivity index (χ4v) is 1.21. The molecule has 0 aliphatic carbocycles. The van der Waals surface area contributed by atoms with Crippen LogP contribution in [-0.2, 0) is 14.3 Å². The molecule has 0 radical (unpaired) electrons. The van der Waals surface area contributed by atoms with E-state index in [0.717, 1.165) is 0 Å². The van der Waals surface area contributed by atoms with E-state index in [1.807, 2.05) is 0 Å². The van der Waals surface area contributed by atoms with Crippen LogP contribution in [0, 0.1) is 18.3 Å². The summed E-state index contributed by atoms with van der Waals surface area (Å²) in [5, 5.41) is 0. The van der Waals surface area contributed by atoms with Gasteiger partial charge >= 0.3 is 5.97 Å². The lowest BCUT2D eigenvalue weighted by atomic mass is 9.98. The summed E-state index contributed by atoms with van der Waals surface area (Å²) in [4.78, 5) is 22.7. The van der Waals surface area contributed by atoms with Gasteiger partial charge in [-0.1, -0.05) is 0 Å². The zero-order chi connectivity index (χ0) is 11.8. The molecule has 0 aromatic carbocycles. The van der Waals surface area contributed by atoms with Crippen LogP contribution in [0.2, 0.25) is 0 Å². The van der Waals surface area contributed by atoms with E-state index in [-0.39, 0.29) is 11.9 Å². The smallest absolute Gasteiger partial charge is 0.316 e. The number of ketones is 1. The minimum atomic E-state index is -0.652. The Bertz CT molecular complexity index is 261. The van der Waals surface area contributed by atoms with Gasteiger partial charge in [-0.15, -0.1) is 12.3 Å². The highest BCUT2D eigenvalue weighted by Gasteiger charge is 2.24. The number of rotatable bonds is 6. The average Bonchev–Trinajstić information content (AvgIpc) is 2.10. The van der Waals surface area contributed by atoms with Gasteiger partial charge in [-0.3, -0.25) is 9.59 Å². The van der Waals surface area contributed by atoms with Gasteiger partial charge in [-0.2, -0.15) is 0 Å². The second-order valence-electron chi connectivity index (χ2n) is 3.75. The fourth-order valence-electron chi connectivity index (χ4n) is 1.21. The Balaban J connectivity index is 4.21. The normalized spacial score (nSPS) is 11.9. The van der Waals surface area contributed by atoms with E-state index >= 15 is 0 Å². The van der Waals surface area contributed by atoms with Crippen molar-refractivity contribution in [3.63, 3.8) is 0 Å². The lowest BCUT2D eigenvalue weighted by Crippen LogP contribution is -2.26. The maximum absolute atomic E-state index is 11.5. The van der Waals surface area contributed by atoms with Gasteiger partial charge in [0.25, 0.3) is 0 Å². The first kappa shape index (κ1) is 13.7. The maximum atomic E-state index is 11.5. The highest BCUT2D eigenvalue weighted by atomic mass is 16.5. The Hall–Kier alpha value is -1.30. The second kappa shape index (κ2) is 7.05. The predicted octanol–water partition coefficient (Wildman–Crippen LogP) is 1.95. The van der Waals surface area contributed by atoms with E-state index in [4.69, 9.17) is 11.2 Å². The minimum Gasteiger partial charge on any atom is -0.462 e. The molecule has 0 aromatic rings. The number of esters is 1. The van der Waals surface area contributed by atoms with E-state index in [1.165, 1.54) is 6.92 Å². The second-order valence-corrected chi connectivity index (χ2v) is 3.75. The first-order valence-electron chi connectivity index (χ1n) is 5.13. The molecule has 0 heterocycles. The Morgan fingerprint density at radius 3 is 2.40 bits per heavy atom. The molecule has 0 aliphatic heterocycles. The average molecular weight is 210 g/mol. The molecule has 0 aromatic heterocycles. The summed E-state index contributed by atoms with van der Waals surface area (Å²) in [6, 6.07) is 0. The van der Waals surface area contributed by atoms with Crippen LogP contribution < -0.4 is 0 Å². The molecule has 3 heteroatoms. The van der Waals surface area contributed by atoms with Crippen LogP contribution in [0.4, 0.5) is 0 Å². The molecular formula is C12H18O3. The van der Waals surface area contributed by atoms with Crippen molar-refractivity contribution in [2.75, 3.05) is 0 Å². The molecule has 84 valence electrons. The van der Waals surface area contributed by atoms with Crippen LogP contribution in [0.15, 0.2) is 0 Å². The molecule has 1 unspecified atom stereocenters. The quantitative estimate of drug-likeness (QED) is 0.291. The van der Waals surface area contributed by atoms with Crippen molar-refractivity contribution in [2.24, 2.45) is 5.92 Å². The van der Waals surface area contributed by atoms with Crippen LogP contribution >= 0.6 is 0 Å². The van der Waals surface area contributed by atoms with Crippen molar-refractivity contribution in [3.05, 3.63) is 0 Å². The summed E-state index contributed by atoms with van der Waals surface area (Å²) in [6.07, 6.45) is 6.64. The van der Waals surface area contributed by atoms with E-state index in [9.17, 15) is 9.59 Å². The molecule has 15 heavy (non-hydrogen) atoms. The van der Waals surface area contributed by atoms with Crippen molar-refractivity contribution in [1.82, 2.24) is 0 Å². The standard InChI is InChI=1S/C12H18O3/c1-5-6-7-8-11(10(4)13)12(14)15-9(2)3/h1,9,11H,6-8H2,2-4H3. The number of terminal acetylenes is 1. The van der Waals surface area contributed by atoms with Crippen molar-refractivity contribution < 1.29 is 14.3 Å². The minimum absolute atomic E-state index is 0.155. The Kier molecular flexibility index (Phi) is 6.44. The SMILES string of the molecule is C#CCCCC(C(C)=O)C(=O)OC(C)C. The molecule has 0 saturated heterocycles. The summed E-state index contributed by atoms with van der Waals surface area (Å²) in [7, 11) is 0. The highest BCUT2D eigenvalue weighted by Crippen LogP contribution is 2.12. The summed E-state index contributed by atoms with van der Waals surface area (Å²) in [5.74, 6) is 1.24. The number of ether oxygens (including phenoxy) is 1. The number of unbranched alkanes of at least 4 members (excludes halogenated alkanes) is 1. The summed E-state index contributed by atoms with van der Waals surface area (Å²) >= 11 is 0. The first-order valence-corrected chi connectivity index (χ1v) is 5.13. The number of carbonyl (C=O) groups excluding carboxylic acids is 2. The van der Waals surface area contributed by atoms with E-state index < -0.39 is 11.9 Å². The molecule has 0 aliphatic rings. The highest BCUT2D eigenvalue weighted by molar-refractivity contribution is 5.97. The number of carbonyl (C=O) groups is 2. The third kappa shape index (κ3) is 5.90. The van der Waals surface area contributed by atoms with Gasteiger partial charge in [0.2, 0.25) is 0 Å². The topological polar surface area (TPSA) is 43.4 Å². The monoisotopic (exact) mass is 210 g/mol. The molecule has 0 N–H and O–H groups in total. The third-order valence-corrected chi connectivity index (χ3v) is 1.94. The van der Waals surface area contributed by atoms with Crippen LogP contribution in [0.3, 0.4) is 0 Å². The van der Waals surface area contributed by atoms with Gasteiger partial charge in [-0.25, -0.2) is 0 Å². The lowest BCUT2D eigenvalue weighted by molar-refractivity contribution is -0.155. The van der Waals surface area contributed by atoms with E-state index in [0.29, 0.717) is 19.3 Å². The zero-order valence-electron chi connectivity index (χ0n) is 9.58. The van der Waals surface area contributed by atoms with Gasteiger partial charge in [0.15, 0.2) is 0 Å². The maximum Gasteiger partial charge on any atom is 0.316 e. The molecule has 0 amide bonds. The molecule has 0 saturated carbocycles. The summed E-state index contributed by atoms with van der Waals surface area (Å²) in [5.41, 5.74) is 0. The number of hydrogen-bond donors (Lipinski definition) is 0. The molecule has 0 rings (SSSR count). The zero-order valence-corrected chi connectivity index (χ0v) is 9.58. The molecule has 1 atom stereocenters. The third-order valence-electron chi connectivity index (χ3n) is 1.94. The van der Waals surface area contributed by atoms with Crippen LogP contribution in [0.5, 0.6) is 0 Å². The number of hydrogen-bond acceptors (Lipinski definition) is 3. The predicted molar refractivity (Wildman–Crippen MR) is 58.1 cm³/mol. The lowest BCUT2D eigenvalue weighted by Gasteiger charge is -2.14. The van der Waals surface area contributed by atoms with E-state index in [2.05, 4.69) is 5.92 Å². The summed E-state index contributed by atoms with van der Waals surface area (Å²) in [6.45, 7) is 4.93. The van der Waals surface area contributed by atoms with Gasteiger partial charge in [0.05, 0.1) is 6.10 Å². The fraction of sp³-hybridized carbons (Fsp3) is 0.667. The van der Waals surface area contributed by atoms with Crippen molar-refractivity contribution in [2.45, 2.75) is 46.1 Å². The summed E-state index contributed by atoms with van der Waals surface area (Å²) < 4.78 is 4.99. The van der Waals surface area contributed by atoms with Gasteiger partial charge in [-0.05, 0) is 33.6 Å². The molecule has 3 nitrogen and oxygen atoms in total. The van der Waals surface area contributed by atoms with Crippen molar-refractivity contribution >= 4 is 11.8 Å². The Morgan fingerprint density at radius 1 is 1.40 bits per heavy atom. The Morgan fingerprint density at radius 2 is 2.00 bits per heavy atom. The molecule has 0 fully saturated rings. The van der Waals surface area contributed by atoms with E-state index in [1.54, 1.807) is 13.8 Å². The first-order chi connectivity index (χ1) is 6.99. The van der Waals surface area contributed by atoms with Crippen LogP contribution in [-0.4, -0.2) is 17.9 Å². The molecular weight excluding hydrogens is 192 g/mol. The van der Waals surface area contributed by atoms with Crippen LogP contribution in [0.25, 0.3) is 0 Å². The number of Topliss-reactive ketones (excluding diaryl/α,β-unsaturated/α-hetero) is 1. The van der Waals surface area contributed by atoms with Crippen molar-refractivity contribution in [3.8, 4) is 12.3 Å². The van der Waals surface area contributed by atoms with Gasteiger partial charge in [0.1, 0.15) is 11.7 Å². The largest absolute Gasteiger partial charge is 0.462 e. The van der Waals surface area contributed by atoms with Crippen molar-refractivity contribution in [1.29, 1.82) is 0 Å². The molecule has 0 spiro atoms. The van der Waals surface area contributed by atoms with Crippen LogP contribution in [0.1, 0.15) is 40.0 Å². The Labute approximate surface area is 91.2 Å².